The van der Waals surface area contributed by atoms with Crippen LogP contribution in [0.15, 0.2) is 48.6 Å². The van der Waals surface area contributed by atoms with Crippen LogP contribution in [0.4, 0.5) is 0 Å². The summed E-state index contributed by atoms with van der Waals surface area (Å²) in [5.41, 5.74) is -1.13. The predicted octanol–water partition coefficient (Wildman–Crippen LogP) is 3.21. The molecule has 1 saturated carbocycles. The number of hydrogen-bond acceptors (Lipinski definition) is 14. The predicted molar refractivity (Wildman–Crippen MR) is 163 cm³/mol. The fourth-order valence-corrected chi connectivity index (χ4v) is 5.47. The molecule has 14 nitrogen and oxygen atoms in total. The number of ether oxygens (including phenoxy) is 8. The molecule has 0 spiro atoms. The summed E-state index contributed by atoms with van der Waals surface area (Å²) >= 11 is 0. The van der Waals surface area contributed by atoms with Gasteiger partial charge in [0.15, 0.2) is 23.0 Å². The number of rotatable bonds is 10. The Balaban J connectivity index is 1.66. The minimum Gasteiger partial charge on any atom is -0.504 e. The summed E-state index contributed by atoms with van der Waals surface area (Å²) < 4.78 is 45.6. The Hall–Kier alpha value is -4.63. The van der Waals surface area contributed by atoms with E-state index >= 15 is 0 Å². The lowest BCUT2D eigenvalue weighted by Crippen LogP contribution is -2.71. The Kier molecular flexibility index (Phi) is 10.5. The molecule has 1 saturated heterocycles. The molecule has 254 valence electrons. The quantitative estimate of drug-likeness (QED) is 0.146. The maximum atomic E-state index is 13.4. The van der Waals surface area contributed by atoms with Crippen molar-refractivity contribution >= 4 is 30.1 Å². The van der Waals surface area contributed by atoms with Gasteiger partial charge in [0.05, 0.1) is 20.3 Å². The number of phenols is 3. The summed E-state index contributed by atoms with van der Waals surface area (Å²) in [6.07, 6.45) is 0.981. The Morgan fingerprint density at radius 2 is 1.38 bits per heavy atom. The molecule has 4 rings (SSSR count). The van der Waals surface area contributed by atoms with Crippen molar-refractivity contribution in [2.75, 3.05) is 28.4 Å². The largest absolute Gasteiger partial charge is 0.504 e. The molecule has 2 aromatic rings. The standard InChI is InChI=1S/C33H38O14/c1-31(42-5)32(2,43-6)47-29-25(44-27(37)13-9-20-8-12-22(35)24(16-20)40-3)17-33(30(39)41-4,18-26(29)45-31)46-28(38)14-10-19-7-11-21(34)23(36)15-19/h7-16,25-26,29,34-36H,17-18H2,1-6H3/b13-9+,14-10+/t25-,26+,29+,31-,32-,33-/m0/s1. The molecule has 47 heavy (non-hydrogen) atoms. The second-order valence-electron chi connectivity index (χ2n) is 11.2. The van der Waals surface area contributed by atoms with Gasteiger partial charge in [-0.1, -0.05) is 12.1 Å². The zero-order valence-electron chi connectivity index (χ0n) is 26.8. The van der Waals surface area contributed by atoms with Gasteiger partial charge in [-0.25, -0.2) is 14.4 Å². The molecule has 3 N–H and O–H groups in total. The van der Waals surface area contributed by atoms with Gasteiger partial charge in [-0.2, -0.15) is 0 Å². The second-order valence-corrected chi connectivity index (χ2v) is 11.2. The van der Waals surface area contributed by atoms with Crippen LogP contribution in [0.2, 0.25) is 0 Å². The Morgan fingerprint density at radius 1 is 0.787 bits per heavy atom. The van der Waals surface area contributed by atoms with Crippen LogP contribution in [0.25, 0.3) is 12.2 Å². The van der Waals surface area contributed by atoms with Crippen LogP contribution in [0.1, 0.15) is 37.8 Å². The van der Waals surface area contributed by atoms with Crippen LogP contribution in [-0.4, -0.2) is 97.2 Å². The minimum atomic E-state index is -2.01. The SMILES string of the molecule is COC(=O)[C@]1(OC(=O)/C=C/c2ccc(O)c(O)c2)C[C@H](OC(=O)/C=C/c2ccc(O)c(OC)c2)[C@H]2O[C@](C)(OC)[C@@](C)(OC)O[C@@H]2C1. The van der Waals surface area contributed by atoms with E-state index in [9.17, 15) is 29.7 Å². The number of esters is 3. The third kappa shape index (κ3) is 7.36. The molecule has 1 aliphatic carbocycles. The van der Waals surface area contributed by atoms with Crippen molar-refractivity contribution in [3.63, 3.8) is 0 Å². The first-order valence-electron chi connectivity index (χ1n) is 14.4. The molecule has 1 aliphatic heterocycles. The van der Waals surface area contributed by atoms with Gasteiger partial charge in [0.1, 0.15) is 12.2 Å². The van der Waals surface area contributed by atoms with E-state index in [1.807, 2.05) is 0 Å². The molecule has 2 aliphatic rings. The van der Waals surface area contributed by atoms with Crippen LogP contribution >= 0.6 is 0 Å². The second kappa shape index (κ2) is 14.0. The highest BCUT2D eigenvalue weighted by atomic mass is 16.8. The third-order valence-electron chi connectivity index (χ3n) is 8.28. The van der Waals surface area contributed by atoms with Gasteiger partial charge >= 0.3 is 17.9 Å². The van der Waals surface area contributed by atoms with E-state index in [0.29, 0.717) is 11.1 Å². The Bertz CT molecular complexity index is 1550. The van der Waals surface area contributed by atoms with Gasteiger partial charge in [0.2, 0.25) is 17.2 Å². The van der Waals surface area contributed by atoms with Gasteiger partial charge in [-0.15, -0.1) is 0 Å². The van der Waals surface area contributed by atoms with E-state index in [4.69, 9.17) is 37.9 Å². The van der Waals surface area contributed by atoms with Crippen LogP contribution in [0.3, 0.4) is 0 Å². The fourth-order valence-electron chi connectivity index (χ4n) is 5.47. The summed E-state index contributed by atoms with van der Waals surface area (Å²) in [6.45, 7) is 3.15. The number of carbonyl (C=O) groups excluding carboxylic acids is 3. The van der Waals surface area contributed by atoms with Crippen molar-refractivity contribution in [3.05, 3.63) is 59.7 Å². The molecule has 0 amide bonds. The van der Waals surface area contributed by atoms with E-state index in [-0.39, 0.29) is 30.1 Å². The van der Waals surface area contributed by atoms with Crippen molar-refractivity contribution < 1.29 is 67.6 Å². The molecule has 0 unspecified atom stereocenters. The molecule has 6 atom stereocenters. The highest BCUT2D eigenvalue weighted by molar-refractivity contribution is 5.91. The number of hydrogen-bond donors (Lipinski definition) is 3. The molecular formula is C33H38O14. The van der Waals surface area contributed by atoms with E-state index in [0.717, 1.165) is 19.3 Å². The molecule has 2 fully saturated rings. The summed E-state index contributed by atoms with van der Waals surface area (Å²) in [6, 6.07) is 8.38. The van der Waals surface area contributed by atoms with Gasteiger partial charge in [0.25, 0.3) is 0 Å². The first-order chi connectivity index (χ1) is 22.2. The molecule has 1 heterocycles. The van der Waals surface area contributed by atoms with Crippen molar-refractivity contribution in [3.8, 4) is 23.0 Å². The Labute approximate surface area is 271 Å². The summed E-state index contributed by atoms with van der Waals surface area (Å²) in [5, 5.41) is 29.2. The van der Waals surface area contributed by atoms with Crippen LogP contribution in [0, 0.1) is 0 Å². The topological polar surface area (TPSA) is 186 Å². The van der Waals surface area contributed by atoms with Crippen molar-refractivity contribution in [2.45, 2.75) is 62.2 Å². The average molecular weight is 659 g/mol. The molecule has 2 aromatic carbocycles. The molecule has 14 heteroatoms. The van der Waals surface area contributed by atoms with Crippen molar-refractivity contribution in [1.29, 1.82) is 0 Å². The lowest BCUT2D eigenvalue weighted by molar-refractivity contribution is -0.460. The average Bonchev–Trinajstić information content (AvgIpc) is 3.05. The number of carbonyl (C=O) groups is 3. The maximum Gasteiger partial charge on any atom is 0.350 e. The van der Waals surface area contributed by atoms with E-state index in [1.165, 1.54) is 63.8 Å². The minimum absolute atomic E-state index is 0.0797. The third-order valence-corrected chi connectivity index (χ3v) is 8.28. The highest BCUT2D eigenvalue weighted by Gasteiger charge is 2.64. The lowest BCUT2D eigenvalue weighted by atomic mass is 9.77. The first kappa shape index (κ1) is 35.2. The highest BCUT2D eigenvalue weighted by Crippen LogP contribution is 2.47. The van der Waals surface area contributed by atoms with Crippen LogP contribution < -0.4 is 4.74 Å². The molecular weight excluding hydrogens is 620 g/mol. The van der Waals surface area contributed by atoms with E-state index < -0.39 is 59.1 Å². The van der Waals surface area contributed by atoms with Crippen molar-refractivity contribution in [2.24, 2.45) is 0 Å². The molecule has 0 aromatic heterocycles. The zero-order chi connectivity index (χ0) is 34.6. The maximum absolute atomic E-state index is 13.4. The summed E-state index contributed by atoms with van der Waals surface area (Å²) in [7, 11) is 5.28. The fraction of sp³-hybridized carbons (Fsp3) is 0.424. The summed E-state index contributed by atoms with van der Waals surface area (Å²) in [4.78, 5) is 39.7. The van der Waals surface area contributed by atoms with Crippen LogP contribution in [-0.2, 0) is 47.5 Å². The van der Waals surface area contributed by atoms with Crippen LogP contribution in [0.5, 0.6) is 23.0 Å². The molecule has 0 radical (unpaired) electrons. The summed E-state index contributed by atoms with van der Waals surface area (Å²) in [5.74, 6) is -6.35. The number of fused-ring (bicyclic) bond motifs is 1. The number of benzene rings is 2. The van der Waals surface area contributed by atoms with Gasteiger partial charge in [0, 0.05) is 39.2 Å². The number of phenolic OH excluding ortho intramolecular Hbond substituents is 3. The van der Waals surface area contributed by atoms with Gasteiger partial charge in [-0.3, -0.25) is 0 Å². The zero-order valence-corrected chi connectivity index (χ0v) is 26.8. The lowest BCUT2D eigenvalue weighted by Gasteiger charge is -2.56. The molecule has 0 bridgehead atoms. The van der Waals surface area contributed by atoms with Gasteiger partial charge < -0.3 is 53.2 Å². The van der Waals surface area contributed by atoms with E-state index in [2.05, 4.69) is 0 Å². The normalized spacial score (nSPS) is 28.9. The van der Waals surface area contributed by atoms with E-state index in [1.54, 1.807) is 19.9 Å². The van der Waals surface area contributed by atoms with Crippen molar-refractivity contribution in [1.82, 2.24) is 0 Å². The Morgan fingerprint density at radius 3 is 1.98 bits per heavy atom. The number of aromatic hydroxyl groups is 3. The first-order valence-corrected chi connectivity index (χ1v) is 14.4. The smallest absolute Gasteiger partial charge is 0.350 e. The van der Waals surface area contributed by atoms with Gasteiger partial charge in [-0.05, 0) is 61.4 Å². The number of methoxy groups -OCH3 is 4. The monoisotopic (exact) mass is 658 g/mol.